The fraction of sp³-hybridized carbons (Fsp3) is 0.125. The number of nitriles is 1. The summed E-state index contributed by atoms with van der Waals surface area (Å²) in [5.74, 6) is 0.598. The van der Waals surface area contributed by atoms with Crippen molar-refractivity contribution in [2.75, 3.05) is 7.11 Å². The van der Waals surface area contributed by atoms with Gasteiger partial charge in [-0.15, -0.1) is 6.07 Å². The van der Waals surface area contributed by atoms with Crippen molar-refractivity contribution in [1.82, 2.24) is 0 Å². The number of methoxy groups -OCH3 is 1. The number of hydrogen-bond donors (Lipinski definition) is 0. The molecule has 0 radical (unpaired) electrons. The third-order valence-corrected chi connectivity index (χ3v) is 1.16. The Morgan fingerprint density at radius 2 is 2.25 bits per heavy atom. The van der Waals surface area contributed by atoms with Gasteiger partial charge in [-0.1, -0.05) is 0 Å². The van der Waals surface area contributed by atoms with Crippen molar-refractivity contribution in [3.63, 3.8) is 0 Å². The zero-order valence-electron chi connectivity index (χ0n) is 6.67. The molecule has 1 rings (SSSR count). The molecule has 0 bridgehead atoms. The van der Waals surface area contributed by atoms with E-state index in [4.69, 9.17) is 10.00 Å². The maximum atomic E-state index is 8.50. The molecule has 0 spiro atoms. The van der Waals surface area contributed by atoms with E-state index >= 15 is 0 Å². The second-order valence-corrected chi connectivity index (χ2v) is 1.74. The van der Waals surface area contributed by atoms with Gasteiger partial charge in [-0.05, 0) is 5.56 Å². The van der Waals surface area contributed by atoms with Gasteiger partial charge in [0.15, 0.2) is 0 Å². The quantitative estimate of drug-likeness (QED) is 0.417. The van der Waals surface area contributed by atoms with Crippen LogP contribution in [0, 0.1) is 17.4 Å². The Morgan fingerprint density at radius 1 is 1.58 bits per heavy atom. The van der Waals surface area contributed by atoms with Crippen LogP contribution in [-0.4, -0.2) is 30.2 Å². The normalized spacial score (nSPS) is 7.00. The van der Waals surface area contributed by atoms with Gasteiger partial charge in [-0.2, -0.15) is 18.2 Å². The second kappa shape index (κ2) is 7.41. The van der Waals surface area contributed by atoms with Crippen molar-refractivity contribution in [3.05, 3.63) is 29.8 Å². The van der Waals surface area contributed by atoms with Crippen molar-refractivity contribution in [2.24, 2.45) is 0 Å². The van der Waals surface area contributed by atoms with E-state index in [1.54, 1.807) is 18.2 Å². The van der Waals surface area contributed by atoms with Gasteiger partial charge in [0.2, 0.25) is 0 Å². The van der Waals surface area contributed by atoms with Gasteiger partial charge in [0, 0.05) is 11.8 Å². The van der Waals surface area contributed by atoms with Crippen LogP contribution in [0.15, 0.2) is 18.2 Å². The maximum Gasteiger partial charge on any atom is 2.00 e. The first-order chi connectivity index (χ1) is 4.88. The van der Waals surface area contributed by atoms with Gasteiger partial charge >= 0.3 is 23.1 Å². The monoisotopic (exact) mass is 235 g/mol. The van der Waals surface area contributed by atoms with Crippen LogP contribution >= 0.6 is 0 Å². The summed E-state index contributed by atoms with van der Waals surface area (Å²) in [6.45, 7) is 0. The Kier molecular flexibility index (Phi) is 8.82. The van der Waals surface area contributed by atoms with E-state index in [0.717, 1.165) is 0 Å². The molecule has 0 aliphatic heterocycles. The minimum Gasteiger partial charge on any atom is -1.00 e. The van der Waals surface area contributed by atoms with Crippen LogP contribution in [0.2, 0.25) is 0 Å². The minimum atomic E-state index is 0. The number of benzene rings is 1. The summed E-state index contributed by atoms with van der Waals surface area (Å²) in [7, 11) is 1.54. The molecule has 0 fully saturated rings. The topological polar surface area (TPSA) is 33.0 Å². The Morgan fingerprint density at radius 3 is 2.67 bits per heavy atom. The van der Waals surface area contributed by atoms with Crippen molar-refractivity contribution < 1.29 is 21.7 Å². The summed E-state index contributed by atoms with van der Waals surface area (Å²) >= 11 is 0. The first-order valence-corrected chi connectivity index (χ1v) is 2.82. The number of halogens is 1. The third kappa shape index (κ3) is 3.44. The van der Waals surface area contributed by atoms with Gasteiger partial charge in [-0.25, -0.2) is 5.26 Å². The standard InChI is InChI=1S/C8H6NO.BrH.Mg/c1-10-8-5-3-2-4-7(8)6-9;;/h3-5H,1H3;1H;/q-1;;+2/p-1. The first kappa shape index (κ1) is 14.3. The smallest absolute Gasteiger partial charge is 1.00 e. The molecule has 0 unspecified atom stereocenters. The first-order valence-electron chi connectivity index (χ1n) is 2.82. The Balaban J connectivity index is 0. The number of hydrogen-bond acceptors (Lipinski definition) is 2. The van der Waals surface area contributed by atoms with E-state index in [0.29, 0.717) is 11.3 Å². The molecule has 1 aromatic carbocycles. The molecule has 1 aromatic rings. The molecule has 0 N–H and O–H groups in total. The molecule has 0 aliphatic carbocycles. The van der Waals surface area contributed by atoms with Gasteiger partial charge in [0.25, 0.3) is 0 Å². The van der Waals surface area contributed by atoms with E-state index in [-0.39, 0.29) is 40.0 Å². The average molecular weight is 236 g/mol. The molecule has 0 atom stereocenters. The predicted octanol–water partition coefficient (Wildman–Crippen LogP) is -2.01. The van der Waals surface area contributed by atoms with Gasteiger partial charge < -0.3 is 21.7 Å². The molecular weight excluding hydrogens is 230 g/mol. The molecule has 0 aromatic heterocycles. The van der Waals surface area contributed by atoms with E-state index in [1.165, 1.54) is 7.11 Å². The molecule has 12 heavy (non-hydrogen) atoms. The molecular formula is C8H6BrMgNO. The van der Waals surface area contributed by atoms with E-state index in [9.17, 15) is 0 Å². The van der Waals surface area contributed by atoms with Crippen LogP contribution in [-0.2, 0) is 0 Å². The van der Waals surface area contributed by atoms with E-state index < -0.39 is 0 Å². The van der Waals surface area contributed by atoms with Crippen LogP contribution in [0.25, 0.3) is 0 Å². The SMILES string of the molecule is COc1cc[c-]cc1C#N.[Br-].[Mg+2]. The van der Waals surface area contributed by atoms with Crippen LogP contribution in [0.1, 0.15) is 5.56 Å². The minimum absolute atomic E-state index is 0. The van der Waals surface area contributed by atoms with Gasteiger partial charge in [0.1, 0.15) is 0 Å². The molecule has 58 valence electrons. The van der Waals surface area contributed by atoms with Crippen molar-refractivity contribution in [1.29, 1.82) is 5.26 Å². The summed E-state index contributed by atoms with van der Waals surface area (Å²) in [5, 5.41) is 8.50. The summed E-state index contributed by atoms with van der Waals surface area (Å²) in [6, 6.07) is 9.79. The summed E-state index contributed by atoms with van der Waals surface area (Å²) in [5.41, 5.74) is 0.519. The average Bonchev–Trinajstić information content (AvgIpc) is 2.04. The Bertz CT molecular complexity index is 272. The summed E-state index contributed by atoms with van der Waals surface area (Å²) in [6.07, 6.45) is 0. The zero-order valence-corrected chi connectivity index (χ0v) is 9.67. The molecule has 0 heterocycles. The molecule has 0 saturated carbocycles. The molecule has 2 nitrogen and oxygen atoms in total. The second-order valence-electron chi connectivity index (χ2n) is 1.74. The predicted molar refractivity (Wildman–Crippen MR) is 42.3 cm³/mol. The molecule has 0 saturated heterocycles. The van der Waals surface area contributed by atoms with Crippen LogP contribution in [0.5, 0.6) is 5.75 Å². The number of rotatable bonds is 1. The summed E-state index contributed by atoms with van der Waals surface area (Å²) < 4.78 is 4.89. The number of ether oxygens (including phenoxy) is 1. The zero-order chi connectivity index (χ0) is 7.40. The van der Waals surface area contributed by atoms with Crippen molar-refractivity contribution >= 4 is 23.1 Å². The Hall–Kier alpha value is -0.244. The van der Waals surface area contributed by atoms with Crippen molar-refractivity contribution in [2.45, 2.75) is 0 Å². The molecule has 4 heteroatoms. The molecule has 0 amide bonds. The van der Waals surface area contributed by atoms with E-state index in [1.807, 2.05) is 6.07 Å². The maximum absolute atomic E-state index is 8.50. The fourth-order valence-corrected chi connectivity index (χ4v) is 0.682. The van der Waals surface area contributed by atoms with Crippen LogP contribution < -0.4 is 21.7 Å². The Labute approximate surface area is 98.5 Å². The largest absolute Gasteiger partial charge is 2.00 e. The third-order valence-electron chi connectivity index (χ3n) is 1.16. The number of nitrogens with zero attached hydrogens (tertiary/aromatic N) is 1. The van der Waals surface area contributed by atoms with Gasteiger partial charge in [-0.3, -0.25) is 0 Å². The van der Waals surface area contributed by atoms with Crippen LogP contribution in [0.3, 0.4) is 0 Å². The van der Waals surface area contributed by atoms with Crippen molar-refractivity contribution in [3.8, 4) is 11.8 Å². The van der Waals surface area contributed by atoms with Gasteiger partial charge in [0.05, 0.1) is 7.11 Å². The van der Waals surface area contributed by atoms with Crippen LogP contribution in [0.4, 0.5) is 0 Å². The molecule has 0 aliphatic rings. The fourth-order valence-electron chi connectivity index (χ4n) is 0.682. The summed E-state index contributed by atoms with van der Waals surface area (Å²) in [4.78, 5) is 0. The van der Waals surface area contributed by atoms with E-state index in [2.05, 4.69) is 6.07 Å².